The van der Waals surface area contributed by atoms with Crippen LogP contribution < -0.4 is 20.9 Å². The van der Waals surface area contributed by atoms with Gasteiger partial charge in [0.05, 0.1) is 5.39 Å². The molecule has 0 saturated heterocycles. The summed E-state index contributed by atoms with van der Waals surface area (Å²) in [7, 11) is 0. The first-order chi connectivity index (χ1) is 17.8. The highest BCUT2D eigenvalue weighted by Crippen LogP contribution is 2.27. The lowest BCUT2D eigenvalue weighted by molar-refractivity contribution is -0.274. The van der Waals surface area contributed by atoms with E-state index in [-0.39, 0.29) is 17.2 Å². The summed E-state index contributed by atoms with van der Waals surface area (Å²) in [5.41, 5.74) is 2.35. The van der Waals surface area contributed by atoms with Gasteiger partial charge in [-0.3, -0.25) is 9.59 Å². The quantitative estimate of drug-likeness (QED) is 0.260. The molecule has 0 spiro atoms. The number of ether oxygens (including phenoxy) is 1. The van der Waals surface area contributed by atoms with Crippen LogP contribution in [0, 0.1) is 0 Å². The van der Waals surface area contributed by atoms with Crippen molar-refractivity contribution in [1.82, 2.24) is 15.5 Å². The fraction of sp³-hybridized carbons (Fsp3) is 0.222. The Bertz CT molecular complexity index is 1400. The standard InChI is InChI=1S/C27H25F3N4O3/c28-27(29,30)37-21-13-11-20(12-14-21)19-9-6-18(7-10-19)8-15-24(35)31-16-3-17-32-25-22-4-1-2-5-23(22)26(36)34-33-25/h1-2,4-7,9-14H,3,8,15-17H2,(H,31,35)(H,32,33)(H,34,36). The monoisotopic (exact) mass is 510 g/mol. The molecule has 0 aliphatic heterocycles. The van der Waals surface area contributed by atoms with Crippen molar-refractivity contribution in [2.45, 2.75) is 25.6 Å². The van der Waals surface area contributed by atoms with Crippen LogP contribution in [0.1, 0.15) is 18.4 Å². The van der Waals surface area contributed by atoms with Gasteiger partial charge in [0, 0.05) is 24.9 Å². The van der Waals surface area contributed by atoms with Crippen molar-refractivity contribution >= 4 is 22.5 Å². The Balaban J connectivity index is 1.18. The first-order valence-electron chi connectivity index (χ1n) is 11.7. The predicted molar refractivity (Wildman–Crippen MR) is 135 cm³/mol. The van der Waals surface area contributed by atoms with Gasteiger partial charge in [-0.2, -0.15) is 5.10 Å². The van der Waals surface area contributed by atoms with Crippen LogP contribution in [0.3, 0.4) is 0 Å². The zero-order valence-electron chi connectivity index (χ0n) is 19.8. The maximum absolute atomic E-state index is 12.3. The number of aromatic nitrogens is 2. The highest BCUT2D eigenvalue weighted by atomic mass is 19.4. The van der Waals surface area contributed by atoms with Gasteiger partial charge in [-0.15, -0.1) is 13.2 Å². The molecule has 10 heteroatoms. The Kier molecular flexibility index (Phi) is 8.07. The minimum absolute atomic E-state index is 0.0584. The number of amides is 1. The van der Waals surface area contributed by atoms with E-state index < -0.39 is 6.36 Å². The van der Waals surface area contributed by atoms with Crippen LogP contribution in [-0.2, 0) is 11.2 Å². The van der Waals surface area contributed by atoms with Crippen molar-refractivity contribution in [2.75, 3.05) is 18.4 Å². The Hall–Kier alpha value is -4.34. The molecule has 0 aliphatic rings. The first kappa shape index (κ1) is 25.7. The molecule has 0 atom stereocenters. The molecular formula is C27H25F3N4O3. The molecule has 1 aromatic heterocycles. The normalized spacial score (nSPS) is 11.3. The highest BCUT2D eigenvalue weighted by molar-refractivity contribution is 5.90. The van der Waals surface area contributed by atoms with Gasteiger partial charge in [-0.25, -0.2) is 5.10 Å². The van der Waals surface area contributed by atoms with Crippen LogP contribution in [0.25, 0.3) is 21.9 Å². The molecule has 0 bridgehead atoms. The van der Waals surface area contributed by atoms with Gasteiger partial charge < -0.3 is 15.4 Å². The van der Waals surface area contributed by atoms with Gasteiger partial charge in [0.15, 0.2) is 5.82 Å². The average molecular weight is 511 g/mol. The molecule has 0 fully saturated rings. The number of rotatable bonds is 10. The molecule has 4 aromatic rings. The number of fused-ring (bicyclic) bond motifs is 1. The number of aryl methyl sites for hydroxylation is 1. The van der Waals surface area contributed by atoms with Crippen LogP contribution in [0.5, 0.6) is 5.75 Å². The van der Waals surface area contributed by atoms with Gasteiger partial charge >= 0.3 is 6.36 Å². The molecule has 1 heterocycles. The molecule has 3 N–H and O–H groups in total. The van der Waals surface area contributed by atoms with E-state index in [0.717, 1.165) is 22.1 Å². The number of nitrogens with zero attached hydrogens (tertiary/aromatic N) is 1. The number of alkyl halides is 3. The molecule has 1 amide bonds. The second kappa shape index (κ2) is 11.6. The Morgan fingerprint density at radius 3 is 2.22 bits per heavy atom. The van der Waals surface area contributed by atoms with Crippen LogP contribution in [0.2, 0.25) is 0 Å². The van der Waals surface area contributed by atoms with Gasteiger partial charge in [-0.1, -0.05) is 54.6 Å². The average Bonchev–Trinajstić information content (AvgIpc) is 2.88. The van der Waals surface area contributed by atoms with E-state index in [4.69, 9.17) is 0 Å². The first-order valence-corrected chi connectivity index (χ1v) is 11.7. The third-order valence-electron chi connectivity index (χ3n) is 5.68. The number of hydrogen-bond donors (Lipinski definition) is 3. The molecule has 192 valence electrons. The number of aromatic amines is 1. The fourth-order valence-corrected chi connectivity index (χ4v) is 3.83. The Labute approximate surface area is 210 Å². The van der Waals surface area contributed by atoms with E-state index in [1.165, 1.54) is 12.1 Å². The summed E-state index contributed by atoms with van der Waals surface area (Å²) in [6, 6.07) is 20.4. The van der Waals surface area contributed by atoms with E-state index in [1.54, 1.807) is 24.3 Å². The van der Waals surface area contributed by atoms with Crippen molar-refractivity contribution in [1.29, 1.82) is 0 Å². The zero-order chi connectivity index (χ0) is 26.3. The van der Waals surface area contributed by atoms with Crippen molar-refractivity contribution in [3.05, 3.63) is 88.7 Å². The lowest BCUT2D eigenvalue weighted by Crippen LogP contribution is -2.26. The number of anilines is 1. The number of benzene rings is 3. The molecule has 0 saturated carbocycles. The second-order valence-electron chi connectivity index (χ2n) is 8.35. The minimum atomic E-state index is -4.72. The number of H-pyrrole nitrogens is 1. The van der Waals surface area contributed by atoms with E-state index in [0.29, 0.717) is 43.6 Å². The molecule has 4 rings (SSSR count). The summed E-state index contributed by atoms with van der Waals surface area (Å²) in [6.45, 7) is 1.08. The van der Waals surface area contributed by atoms with Crippen molar-refractivity contribution in [3.63, 3.8) is 0 Å². The summed E-state index contributed by atoms with van der Waals surface area (Å²) in [4.78, 5) is 24.1. The Morgan fingerprint density at radius 2 is 1.54 bits per heavy atom. The predicted octanol–water partition coefficient (Wildman–Crippen LogP) is 5.04. The van der Waals surface area contributed by atoms with Crippen LogP contribution in [0.4, 0.5) is 19.0 Å². The maximum atomic E-state index is 12.3. The number of carbonyl (C=O) groups excluding carboxylic acids is 1. The summed E-state index contributed by atoms with van der Waals surface area (Å²) in [5, 5.41) is 13.9. The molecule has 7 nitrogen and oxygen atoms in total. The summed E-state index contributed by atoms with van der Waals surface area (Å²) < 4.78 is 40.8. The van der Waals surface area contributed by atoms with Crippen molar-refractivity contribution < 1.29 is 22.7 Å². The van der Waals surface area contributed by atoms with Gasteiger partial charge in [0.25, 0.3) is 5.56 Å². The lowest BCUT2D eigenvalue weighted by Gasteiger charge is -2.10. The van der Waals surface area contributed by atoms with Gasteiger partial charge in [-0.05, 0) is 47.7 Å². The van der Waals surface area contributed by atoms with Crippen LogP contribution >= 0.6 is 0 Å². The van der Waals surface area contributed by atoms with Crippen LogP contribution in [-0.4, -0.2) is 35.6 Å². The summed E-state index contributed by atoms with van der Waals surface area (Å²) in [6.07, 6.45) is -3.13. The lowest BCUT2D eigenvalue weighted by atomic mass is 10.0. The zero-order valence-corrected chi connectivity index (χ0v) is 19.8. The topological polar surface area (TPSA) is 96.1 Å². The summed E-state index contributed by atoms with van der Waals surface area (Å²) >= 11 is 0. The van der Waals surface area contributed by atoms with E-state index in [1.807, 2.05) is 36.4 Å². The van der Waals surface area contributed by atoms with E-state index in [2.05, 4.69) is 25.6 Å². The van der Waals surface area contributed by atoms with Gasteiger partial charge in [0.1, 0.15) is 5.75 Å². The number of nitrogens with one attached hydrogen (secondary N) is 3. The SMILES string of the molecule is O=C(CCc1ccc(-c2ccc(OC(F)(F)F)cc2)cc1)NCCCNc1n[nH]c(=O)c2ccccc12. The maximum Gasteiger partial charge on any atom is 0.573 e. The van der Waals surface area contributed by atoms with Crippen molar-refractivity contribution in [2.24, 2.45) is 0 Å². The highest BCUT2D eigenvalue weighted by Gasteiger charge is 2.30. The molecule has 3 aromatic carbocycles. The van der Waals surface area contributed by atoms with Crippen LogP contribution in [0.15, 0.2) is 77.6 Å². The van der Waals surface area contributed by atoms with E-state index >= 15 is 0 Å². The van der Waals surface area contributed by atoms with Gasteiger partial charge in [0.2, 0.25) is 5.91 Å². The number of halogens is 3. The second-order valence-corrected chi connectivity index (χ2v) is 8.35. The van der Waals surface area contributed by atoms with E-state index in [9.17, 15) is 22.8 Å². The minimum Gasteiger partial charge on any atom is -0.406 e. The molecule has 37 heavy (non-hydrogen) atoms. The smallest absolute Gasteiger partial charge is 0.406 e. The number of carbonyl (C=O) groups is 1. The van der Waals surface area contributed by atoms with Crippen molar-refractivity contribution in [3.8, 4) is 16.9 Å². The third kappa shape index (κ3) is 7.33. The molecule has 0 unspecified atom stereocenters. The summed E-state index contributed by atoms with van der Waals surface area (Å²) in [5.74, 6) is 0.267. The largest absolute Gasteiger partial charge is 0.573 e. The third-order valence-corrected chi connectivity index (χ3v) is 5.68. The molecule has 0 aliphatic carbocycles. The fourth-order valence-electron chi connectivity index (χ4n) is 3.83. The molecular weight excluding hydrogens is 485 g/mol. The molecule has 0 radical (unpaired) electrons. The Morgan fingerprint density at radius 1 is 0.892 bits per heavy atom. The number of hydrogen-bond acceptors (Lipinski definition) is 5.